The number of carbonyl (C=O) groups is 2. The quantitative estimate of drug-likeness (QED) is 0.782. The van der Waals surface area contributed by atoms with Crippen LogP contribution in [-0.4, -0.2) is 39.7 Å². The lowest BCUT2D eigenvalue weighted by Crippen LogP contribution is -2.36. The third-order valence-electron chi connectivity index (χ3n) is 4.49. The Morgan fingerprint density at radius 3 is 2.72 bits per heavy atom. The minimum absolute atomic E-state index is 0.105. The van der Waals surface area contributed by atoms with Crippen LogP contribution in [-0.2, 0) is 36.0 Å². The number of aryl methyl sites for hydroxylation is 2. The lowest BCUT2D eigenvalue weighted by Gasteiger charge is -2.27. The van der Waals surface area contributed by atoms with Gasteiger partial charge in [-0.2, -0.15) is 5.10 Å². The number of rotatable bonds is 5. The zero-order valence-electron chi connectivity index (χ0n) is 14.7. The Hall–Kier alpha value is -2.63. The molecule has 1 aromatic carbocycles. The molecule has 25 heavy (non-hydrogen) atoms. The molecular formula is C19H23N3O3. The maximum atomic E-state index is 12.6. The average molecular weight is 341 g/mol. The number of hydrogen-bond donors (Lipinski definition) is 0. The van der Waals surface area contributed by atoms with Crippen LogP contribution in [0.25, 0.3) is 0 Å². The normalized spacial score (nSPS) is 13.4. The summed E-state index contributed by atoms with van der Waals surface area (Å²) in [5.41, 5.74) is 3.32. The fraction of sp³-hybridized carbons (Fsp3) is 0.421. The third kappa shape index (κ3) is 3.73. The van der Waals surface area contributed by atoms with Crippen LogP contribution in [0.1, 0.15) is 40.7 Å². The zero-order chi connectivity index (χ0) is 17.8. The first-order valence-corrected chi connectivity index (χ1v) is 8.63. The van der Waals surface area contributed by atoms with Crippen LogP contribution in [0.5, 0.6) is 0 Å². The van der Waals surface area contributed by atoms with Gasteiger partial charge in [-0.05, 0) is 18.9 Å². The molecule has 2 heterocycles. The van der Waals surface area contributed by atoms with E-state index in [0.717, 1.165) is 23.2 Å². The van der Waals surface area contributed by atoms with Gasteiger partial charge in [-0.3, -0.25) is 9.48 Å². The molecule has 0 saturated heterocycles. The summed E-state index contributed by atoms with van der Waals surface area (Å²) in [5.74, 6) is -0.273. The van der Waals surface area contributed by atoms with Crippen molar-refractivity contribution in [1.82, 2.24) is 14.7 Å². The SMILES string of the molecule is CCOC(=O)c1c2c(nn1C)CCN(C(=O)CCc1ccccc1)C2. The van der Waals surface area contributed by atoms with Crippen molar-refractivity contribution in [3.8, 4) is 0 Å². The molecule has 3 rings (SSSR count). The van der Waals surface area contributed by atoms with Crippen molar-refractivity contribution < 1.29 is 14.3 Å². The number of esters is 1. The van der Waals surface area contributed by atoms with Gasteiger partial charge in [-0.15, -0.1) is 0 Å². The molecular weight excluding hydrogens is 318 g/mol. The molecule has 132 valence electrons. The van der Waals surface area contributed by atoms with Gasteiger partial charge in [-0.25, -0.2) is 4.79 Å². The maximum Gasteiger partial charge on any atom is 0.356 e. The van der Waals surface area contributed by atoms with Crippen molar-refractivity contribution in [3.05, 3.63) is 52.8 Å². The minimum Gasteiger partial charge on any atom is -0.461 e. The fourth-order valence-corrected chi connectivity index (χ4v) is 3.22. The molecule has 0 spiro atoms. The molecule has 0 aliphatic carbocycles. The van der Waals surface area contributed by atoms with Crippen molar-refractivity contribution >= 4 is 11.9 Å². The van der Waals surface area contributed by atoms with Gasteiger partial charge in [-0.1, -0.05) is 30.3 Å². The van der Waals surface area contributed by atoms with E-state index < -0.39 is 0 Å². The van der Waals surface area contributed by atoms with Crippen LogP contribution in [0, 0.1) is 0 Å². The molecule has 0 N–H and O–H groups in total. The van der Waals surface area contributed by atoms with Gasteiger partial charge in [0.15, 0.2) is 5.69 Å². The second-order valence-electron chi connectivity index (χ2n) is 6.17. The van der Waals surface area contributed by atoms with Gasteiger partial charge >= 0.3 is 5.97 Å². The molecule has 1 aliphatic heterocycles. The van der Waals surface area contributed by atoms with E-state index in [1.807, 2.05) is 35.2 Å². The predicted octanol–water partition coefficient (Wildman–Crippen LogP) is 2.11. The standard InChI is InChI=1S/C19H23N3O3/c1-3-25-19(24)18-15-13-22(12-11-16(15)20-21(18)2)17(23)10-9-14-7-5-4-6-8-14/h4-8H,3,9-13H2,1-2H3. The van der Waals surface area contributed by atoms with E-state index in [4.69, 9.17) is 4.74 Å². The summed E-state index contributed by atoms with van der Waals surface area (Å²) in [6.07, 6.45) is 1.86. The van der Waals surface area contributed by atoms with E-state index in [-0.39, 0.29) is 11.9 Å². The first kappa shape index (κ1) is 17.2. The molecule has 2 aromatic rings. The van der Waals surface area contributed by atoms with E-state index in [1.54, 1.807) is 18.7 Å². The largest absolute Gasteiger partial charge is 0.461 e. The van der Waals surface area contributed by atoms with Crippen molar-refractivity contribution in [1.29, 1.82) is 0 Å². The molecule has 0 saturated carbocycles. The summed E-state index contributed by atoms with van der Waals surface area (Å²) in [5, 5.41) is 4.42. The van der Waals surface area contributed by atoms with Crippen molar-refractivity contribution in [3.63, 3.8) is 0 Å². The molecule has 1 aromatic heterocycles. The number of fused-ring (bicyclic) bond motifs is 1. The van der Waals surface area contributed by atoms with Crippen molar-refractivity contribution in [2.24, 2.45) is 7.05 Å². The second kappa shape index (κ2) is 7.51. The van der Waals surface area contributed by atoms with Crippen molar-refractivity contribution in [2.45, 2.75) is 32.7 Å². The summed E-state index contributed by atoms with van der Waals surface area (Å²) in [4.78, 5) is 26.6. The highest BCUT2D eigenvalue weighted by atomic mass is 16.5. The van der Waals surface area contributed by atoms with E-state index in [0.29, 0.717) is 38.2 Å². The molecule has 1 aliphatic rings. The Morgan fingerprint density at radius 2 is 2.00 bits per heavy atom. The molecule has 1 amide bonds. The summed E-state index contributed by atoms with van der Waals surface area (Å²) in [7, 11) is 1.74. The Labute approximate surface area is 147 Å². The molecule has 0 radical (unpaired) electrons. The smallest absolute Gasteiger partial charge is 0.356 e. The summed E-state index contributed by atoms with van der Waals surface area (Å²) in [6, 6.07) is 9.99. The highest BCUT2D eigenvalue weighted by Crippen LogP contribution is 2.23. The second-order valence-corrected chi connectivity index (χ2v) is 6.17. The van der Waals surface area contributed by atoms with Gasteiger partial charge in [0.2, 0.25) is 5.91 Å². The van der Waals surface area contributed by atoms with Gasteiger partial charge < -0.3 is 9.64 Å². The highest BCUT2D eigenvalue weighted by Gasteiger charge is 2.29. The van der Waals surface area contributed by atoms with Gasteiger partial charge in [0, 0.05) is 38.5 Å². The van der Waals surface area contributed by atoms with Crippen LogP contribution in [0.3, 0.4) is 0 Å². The molecule has 0 unspecified atom stereocenters. The average Bonchev–Trinajstić information content (AvgIpc) is 2.95. The molecule has 0 bridgehead atoms. The van der Waals surface area contributed by atoms with Gasteiger partial charge in [0.05, 0.1) is 12.3 Å². The highest BCUT2D eigenvalue weighted by molar-refractivity contribution is 5.90. The van der Waals surface area contributed by atoms with Gasteiger partial charge in [0.1, 0.15) is 0 Å². The van der Waals surface area contributed by atoms with Crippen LogP contribution in [0.4, 0.5) is 0 Å². The number of benzene rings is 1. The van der Waals surface area contributed by atoms with E-state index >= 15 is 0 Å². The monoisotopic (exact) mass is 341 g/mol. The van der Waals surface area contributed by atoms with Crippen LogP contribution < -0.4 is 0 Å². The number of ether oxygens (including phenoxy) is 1. The molecule has 6 heteroatoms. The zero-order valence-corrected chi connectivity index (χ0v) is 14.7. The molecule has 0 fully saturated rings. The van der Waals surface area contributed by atoms with E-state index in [1.165, 1.54) is 0 Å². The topological polar surface area (TPSA) is 64.4 Å². The molecule has 6 nitrogen and oxygen atoms in total. The Morgan fingerprint density at radius 1 is 1.24 bits per heavy atom. The number of amides is 1. The van der Waals surface area contributed by atoms with E-state index in [2.05, 4.69) is 5.10 Å². The van der Waals surface area contributed by atoms with Crippen LogP contribution in [0.15, 0.2) is 30.3 Å². The van der Waals surface area contributed by atoms with Gasteiger partial charge in [0.25, 0.3) is 0 Å². The number of aromatic nitrogens is 2. The number of carbonyl (C=O) groups excluding carboxylic acids is 2. The van der Waals surface area contributed by atoms with Crippen molar-refractivity contribution in [2.75, 3.05) is 13.2 Å². The lowest BCUT2D eigenvalue weighted by molar-refractivity contribution is -0.132. The summed E-state index contributed by atoms with van der Waals surface area (Å²) in [6.45, 7) is 3.16. The summed E-state index contributed by atoms with van der Waals surface area (Å²) < 4.78 is 6.70. The first-order chi connectivity index (χ1) is 12.1. The maximum absolute atomic E-state index is 12.6. The summed E-state index contributed by atoms with van der Waals surface area (Å²) >= 11 is 0. The Kier molecular flexibility index (Phi) is 5.16. The number of hydrogen-bond acceptors (Lipinski definition) is 4. The van der Waals surface area contributed by atoms with Crippen LogP contribution >= 0.6 is 0 Å². The molecule has 0 atom stereocenters. The Balaban J connectivity index is 1.69. The van der Waals surface area contributed by atoms with E-state index in [9.17, 15) is 9.59 Å². The first-order valence-electron chi connectivity index (χ1n) is 8.63. The minimum atomic E-state index is -0.377. The third-order valence-corrected chi connectivity index (χ3v) is 4.49. The number of nitrogens with zero attached hydrogens (tertiary/aromatic N) is 3. The van der Waals surface area contributed by atoms with Crippen LogP contribution in [0.2, 0.25) is 0 Å². The fourth-order valence-electron chi connectivity index (χ4n) is 3.22. The Bertz CT molecular complexity index is 768. The predicted molar refractivity (Wildman–Crippen MR) is 93.0 cm³/mol. The lowest BCUT2D eigenvalue weighted by atomic mass is 10.0.